The number of para-hydroxylation sites is 2. The molecule has 0 aliphatic carbocycles. The number of imidazole rings is 1. The second-order valence-corrected chi connectivity index (χ2v) is 5.57. The average Bonchev–Trinajstić information content (AvgIpc) is 2.86. The number of rotatable bonds is 3. The molecular formula is C16H13Cl2N3O. The van der Waals surface area contributed by atoms with E-state index < -0.39 is 0 Å². The van der Waals surface area contributed by atoms with Crippen LogP contribution in [0.4, 0.5) is 5.95 Å². The maximum atomic E-state index is 12.4. The SMILES string of the molecule is CCn1c(NC(=O)c2ccc(Cl)c(Cl)c2)nc2ccccc21. The Morgan fingerprint density at radius 1 is 1.18 bits per heavy atom. The number of nitrogens with zero attached hydrogens (tertiary/aromatic N) is 2. The molecule has 112 valence electrons. The molecule has 4 nitrogen and oxygen atoms in total. The molecule has 0 spiro atoms. The minimum Gasteiger partial charge on any atom is -0.310 e. The van der Waals surface area contributed by atoms with Crippen LogP contribution in [0.25, 0.3) is 11.0 Å². The lowest BCUT2D eigenvalue weighted by Gasteiger charge is -2.08. The molecule has 22 heavy (non-hydrogen) atoms. The van der Waals surface area contributed by atoms with Crippen LogP contribution >= 0.6 is 23.2 Å². The lowest BCUT2D eigenvalue weighted by molar-refractivity contribution is 0.102. The van der Waals surface area contributed by atoms with Crippen molar-refractivity contribution < 1.29 is 4.79 Å². The number of aryl methyl sites for hydroxylation is 1. The van der Waals surface area contributed by atoms with Crippen molar-refractivity contribution in [2.75, 3.05) is 5.32 Å². The van der Waals surface area contributed by atoms with Crippen LogP contribution in [0.15, 0.2) is 42.5 Å². The van der Waals surface area contributed by atoms with Gasteiger partial charge in [-0.2, -0.15) is 0 Å². The summed E-state index contributed by atoms with van der Waals surface area (Å²) in [5, 5.41) is 3.59. The molecule has 0 saturated heterocycles. The number of fused-ring (bicyclic) bond motifs is 1. The Balaban J connectivity index is 1.95. The van der Waals surface area contributed by atoms with Crippen LogP contribution in [0.3, 0.4) is 0 Å². The number of hydrogen-bond donors (Lipinski definition) is 1. The fraction of sp³-hybridized carbons (Fsp3) is 0.125. The van der Waals surface area contributed by atoms with Crippen LogP contribution in [0.1, 0.15) is 17.3 Å². The minimum absolute atomic E-state index is 0.274. The van der Waals surface area contributed by atoms with E-state index in [-0.39, 0.29) is 5.91 Å². The highest BCUT2D eigenvalue weighted by Gasteiger charge is 2.14. The maximum Gasteiger partial charge on any atom is 0.258 e. The Kier molecular flexibility index (Phi) is 4.05. The molecule has 0 aliphatic heterocycles. The molecule has 3 rings (SSSR count). The van der Waals surface area contributed by atoms with Crippen molar-refractivity contribution >= 4 is 46.1 Å². The number of carbonyl (C=O) groups excluding carboxylic acids is 1. The molecule has 0 fully saturated rings. The number of aromatic nitrogens is 2. The van der Waals surface area contributed by atoms with E-state index in [2.05, 4.69) is 10.3 Å². The Morgan fingerprint density at radius 2 is 1.95 bits per heavy atom. The van der Waals surface area contributed by atoms with Crippen LogP contribution in [-0.2, 0) is 6.54 Å². The van der Waals surface area contributed by atoms with E-state index in [1.165, 1.54) is 6.07 Å². The van der Waals surface area contributed by atoms with Crippen LogP contribution in [0, 0.1) is 0 Å². The summed E-state index contributed by atoms with van der Waals surface area (Å²) in [7, 11) is 0. The highest BCUT2D eigenvalue weighted by molar-refractivity contribution is 6.42. The summed E-state index contributed by atoms with van der Waals surface area (Å²) in [4.78, 5) is 16.8. The fourth-order valence-corrected chi connectivity index (χ4v) is 2.60. The van der Waals surface area contributed by atoms with Crippen LogP contribution in [0.2, 0.25) is 10.0 Å². The summed E-state index contributed by atoms with van der Waals surface area (Å²) in [6, 6.07) is 12.5. The second kappa shape index (κ2) is 5.99. The van der Waals surface area contributed by atoms with E-state index >= 15 is 0 Å². The quantitative estimate of drug-likeness (QED) is 0.760. The summed E-state index contributed by atoms with van der Waals surface area (Å²) in [5.74, 6) is 0.239. The van der Waals surface area contributed by atoms with Crippen LogP contribution in [0.5, 0.6) is 0 Å². The van der Waals surface area contributed by atoms with Gasteiger partial charge in [-0.25, -0.2) is 4.98 Å². The second-order valence-electron chi connectivity index (χ2n) is 4.75. The molecule has 1 aromatic heterocycles. The van der Waals surface area contributed by atoms with Gasteiger partial charge in [-0.15, -0.1) is 0 Å². The Bertz CT molecular complexity index is 858. The van der Waals surface area contributed by atoms with Crippen molar-refractivity contribution in [1.82, 2.24) is 9.55 Å². The molecule has 6 heteroatoms. The van der Waals surface area contributed by atoms with Crippen molar-refractivity contribution in [2.24, 2.45) is 0 Å². The number of halogens is 2. The summed E-state index contributed by atoms with van der Waals surface area (Å²) in [6.45, 7) is 2.71. The first kappa shape index (κ1) is 14.9. The van der Waals surface area contributed by atoms with Crippen molar-refractivity contribution in [3.05, 3.63) is 58.1 Å². The third-order valence-corrected chi connectivity index (χ3v) is 4.12. The van der Waals surface area contributed by atoms with E-state index in [9.17, 15) is 4.79 Å². The van der Waals surface area contributed by atoms with Gasteiger partial charge in [-0.05, 0) is 37.3 Å². The topological polar surface area (TPSA) is 46.9 Å². The van der Waals surface area contributed by atoms with Crippen LogP contribution in [-0.4, -0.2) is 15.5 Å². The first-order valence-electron chi connectivity index (χ1n) is 6.82. The molecule has 0 bridgehead atoms. The van der Waals surface area contributed by atoms with Gasteiger partial charge in [0.1, 0.15) is 0 Å². The Labute approximate surface area is 137 Å². The molecule has 2 aromatic carbocycles. The van der Waals surface area contributed by atoms with Crippen LogP contribution < -0.4 is 5.32 Å². The summed E-state index contributed by atoms with van der Waals surface area (Å²) >= 11 is 11.8. The number of benzene rings is 2. The van der Waals surface area contributed by atoms with Crippen molar-refractivity contribution in [2.45, 2.75) is 13.5 Å². The molecule has 0 radical (unpaired) electrons. The lowest BCUT2D eigenvalue weighted by Crippen LogP contribution is -2.15. The summed E-state index contributed by atoms with van der Waals surface area (Å²) < 4.78 is 1.95. The summed E-state index contributed by atoms with van der Waals surface area (Å²) in [5.41, 5.74) is 2.26. The predicted octanol–water partition coefficient (Wildman–Crippen LogP) is 4.62. The van der Waals surface area contributed by atoms with E-state index in [1.54, 1.807) is 12.1 Å². The van der Waals surface area contributed by atoms with E-state index in [4.69, 9.17) is 23.2 Å². The Morgan fingerprint density at radius 3 is 2.68 bits per heavy atom. The molecule has 0 unspecified atom stereocenters. The van der Waals surface area contributed by atoms with Crippen molar-refractivity contribution in [3.8, 4) is 0 Å². The number of carbonyl (C=O) groups is 1. The number of hydrogen-bond acceptors (Lipinski definition) is 2. The van der Waals surface area contributed by atoms with Crippen molar-refractivity contribution in [3.63, 3.8) is 0 Å². The number of nitrogens with one attached hydrogen (secondary N) is 1. The van der Waals surface area contributed by atoms with Gasteiger partial charge in [0, 0.05) is 12.1 Å². The highest BCUT2D eigenvalue weighted by atomic mass is 35.5. The van der Waals surface area contributed by atoms with Gasteiger partial charge in [0.25, 0.3) is 5.91 Å². The third-order valence-electron chi connectivity index (χ3n) is 3.38. The molecule has 1 amide bonds. The Hall–Kier alpha value is -2.04. The van der Waals surface area contributed by atoms with Gasteiger partial charge in [0.2, 0.25) is 5.95 Å². The molecular weight excluding hydrogens is 321 g/mol. The first-order chi connectivity index (χ1) is 10.6. The van der Waals surface area contributed by atoms with E-state index in [0.29, 0.717) is 28.1 Å². The monoisotopic (exact) mass is 333 g/mol. The normalized spacial score (nSPS) is 10.9. The average molecular weight is 334 g/mol. The molecule has 1 heterocycles. The molecule has 0 saturated carbocycles. The van der Waals surface area contributed by atoms with Gasteiger partial charge >= 0.3 is 0 Å². The standard InChI is InChI=1S/C16H13Cl2N3O/c1-2-21-14-6-4-3-5-13(14)19-16(21)20-15(22)10-7-8-11(17)12(18)9-10/h3-9H,2H2,1H3,(H,19,20,22). The zero-order valence-corrected chi connectivity index (χ0v) is 13.3. The van der Waals surface area contributed by atoms with Gasteiger partial charge in [-0.1, -0.05) is 35.3 Å². The largest absolute Gasteiger partial charge is 0.310 e. The number of anilines is 1. The lowest BCUT2D eigenvalue weighted by atomic mass is 10.2. The number of amides is 1. The first-order valence-corrected chi connectivity index (χ1v) is 7.57. The zero-order valence-electron chi connectivity index (χ0n) is 11.8. The molecule has 3 aromatic rings. The third kappa shape index (κ3) is 2.67. The fourth-order valence-electron chi connectivity index (χ4n) is 2.30. The smallest absolute Gasteiger partial charge is 0.258 e. The zero-order chi connectivity index (χ0) is 15.7. The highest BCUT2D eigenvalue weighted by Crippen LogP contribution is 2.24. The van der Waals surface area contributed by atoms with Gasteiger partial charge in [-0.3, -0.25) is 10.1 Å². The molecule has 0 atom stereocenters. The maximum absolute atomic E-state index is 12.4. The molecule has 0 aliphatic rings. The molecule has 1 N–H and O–H groups in total. The van der Waals surface area contributed by atoms with E-state index in [1.807, 2.05) is 35.8 Å². The predicted molar refractivity (Wildman–Crippen MR) is 89.8 cm³/mol. The minimum atomic E-state index is -0.274. The van der Waals surface area contributed by atoms with Crippen molar-refractivity contribution in [1.29, 1.82) is 0 Å². The van der Waals surface area contributed by atoms with Gasteiger partial charge < -0.3 is 4.57 Å². The van der Waals surface area contributed by atoms with E-state index in [0.717, 1.165) is 11.0 Å². The summed E-state index contributed by atoms with van der Waals surface area (Å²) in [6.07, 6.45) is 0. The van der Waals surface area contributed by atoms with Gasteiger partial charge in [0.15, 0.2) is 0 Å². The van der Waals surface area contributed by atoms with Gasteiger partial charge in [0.05, 0.1) is 21.1 Å².